The third-order valence-corrected chi connectivity index (χ3v) is 4.24. The van der Waals surface area contributed by atoms with Crippen molar-refractivity contribution in [1.29, 1.82) is 0 Å². The molecule has 0 unspecified atom stereocenters. The van der Waals surface area contributed by atoms with E-state index in [9.17, 15) is 4.79 Å². The number of rotatable bonds is 8. The Morgan fingerprint density at radius 3 is 2.79 bits per heavy atom. The fourth-order valence-corrected chi connectivity index (χ4v) is 2.98. The molecule has 1 atom stereocenters. The molecule has 0 spiro atoms. The molecule has 1 aliphatic heterocycles. The molecule has 0 aliphatic carbocycles. The number of benzene rings is 1. The lowest BCUT2D eigenvalue weighted by atomic mass is 9.98. The van der Waals surface area contributed by atoms with Crippen LogP contribution in [-0.4, -0.2) is 47.9 Å². The Bertz CT molecular complexity index is 543. The van der Waals surface area contributed by atoms with Gasteiger partial charge in [-0.15, -0.1) is 0 Å². The van der Waals surface area contributed by atoms with Crippen molar-refractivity contribution < 1.29 is 14.7 Å². The number of carboxylic acid groups (broad SMARTS) is 1. The van der Waals surface area contributed by atoms with Gasteiger partial charge in [0.2, 0.25) is 0 Å². The molecule has 2 rings (SSSR count). The van der Waals surface area contributed by atoms with Crippen molar-refractivity contribution in [1.82, 2.24) is 4.90 Å². The second-order valence-corrected chi connectivity index (χ2v) is 6.81. The van der Waals surface area contributed by atoms with Crippen LogP contribution in [0.2, 0.25) is 0 Å². The molecule has 1 saturated heterocycles. The lowest BCUT2D eigenvalue weighted by Crippen LogP contribution is -2.40. The lowest BCUT2D eigenvalue weighted by molar-refractivity contribution is -0.143. The van der Waals surface area contributed by atoms with Gasteiger partial charge in [-0.25, -0.2) is 0 Å². The zero-order chi connectivity index (χ0) is 17.4. The fourth-order valence-electron chi connectivity index (χ4n) is 2.98. The zero-order valence-electron chi connectivity index (χ0n) is 14.6. The minimum atomic E-state index is -0.693. The monoisotopic (exact) mass is 332 g/mol. The summed E-state index contributed by atoms with van der Waals surface area (Å²) in [4.78, 5) is 18.8. The molecule has 0 amide bonds. The van der Waals surface area contributed by atoms with E-state index < -0.39 is 5.97 Å². The number of hydrogen-bond acceptors (Lipinski definition) is 4. The highest BCUT2D eigenvalue weighted by Gasteiger charge is 2.24. The number of hydrogen-bond donors (Lipinski definition) is 1. The Balaban J connectivity index is 1.85. The maximum atomic E-state index is 11.1. The Labute approximate surface area is 144 Å². The molecule has 1 aromatic rings. The van der Waals surface area contributed by atoms with Gasteiger partial charge in [0.15, 0.2) is 0 Å². The van der Waals surface area contributed by atoms with Gasteiger partial charge in [-0.1, -0.05) is 49.3 Å². The molecule has 132 valence electrons. The predicted octanol–water partition coefficient (Wildman–Crippen LogP) is 3.25. The van der Waals surface area contributed by atoms with Crippen molar-refractivity contribution >= 4 is 11.7 Å². The first kappa shape index (κ1) is 18.5. The van der Waals surface area contributed by atoms with Gasteiger partial charge in [-0.2, -0.15) is 0 Å². The molecule has 1 heterocycles. The van der Waals surface area contributed by atoms with Crippen LogP contribution in [0, 0.1) is 11.8 Å². The van der Waals surface area contributed by atoms with Crippen molar-refractivity contribution in [3.05, 3.63) is 35.9 Å². The van der Waals surface area contributed by atoms with Crippen LogP contribution in [0.25, 0.3) is 0 Å². The van der Waals surface area contributed by atoms with Crippen LogP contribution in [0.5, 0.6) is 0 Å². The summed E-state index contributed by atoms with van der Waals surface area (Å²) in [5.74, 6) is -0.434. The number of oxime groups is 1. The maximum Gasteiger partial charge on any atom is 0.307 e. The summed E-state index contributed by atoms with van der Waals surface area (Å²) in [7, 11) is 0. The van der Waals surface area contributed by atoms with E-state index in [-0.39, 0.29) is 5.92 Å². The second kappa shape index (κ2) is 9.42. The first-order valence-corrected chi connectivity index (χ1v) is 8.75. The van der Waals surface area contributed by atoms with E-state index in [4.69, 9.17) is 9.94 Å². The summed E-state index contributed by atoms with van der Waals surface area (Å²) >= 11 is 0. The van der Waals surface area contributed by atoms with Crippen LogP contribution in [0.3, 0.4) is 0 Å². The number of aliphatic carboxylic acids is 1. The number of carbonyl (C=O) groups is 1. The van der Waals surface area contributed by atoms with E-state index in [1.54, 1.807) is 0 Å². The zero-order valence-corrected chi connectivity index (χ0v) is 14.6. The average molecular weight is 332 g/mol. The van der Waals surface area contributed by atoms with Gasteiger partial charge in [0.05, 0.1) is 11.6 Å². The molecule has 5 nitrogen and oxygen atoms in total. The standard InChI is InChI=1S/C19H28N2O3/c1-15(2)13-18(16-7-4-3-5-8-16)20-24-12-11-21-10-6-9-17(14-21)19(22)23/h3-5,7-8,15,17H,6,9-14H2,1-2H3,(H,22,23)/t17-/m1/s1. The van der Waals surface area contributed by atoms with Crippen LogP contribution in [0.15, 0.2) is 35.5 Å². The van der Waals surface area contributed by atoms with Crippen LogP contribution in [-0.2, 0) is 9.63 Å². The van der Waals surface area contributed by atoms with E-state index in [0.717, 1.165) is 43.6 Å². The number of carboxylic acids is 1. The largest absolute Gasteiger partial charge is 0.481 e. The molecule has 1 aromatic carbocycles. The van der Waals surface area contributed by atoms with Crippen molar-refractivity contribution in [3.8, 4) is 0 Å². The van der Waals surface area contributed by atoms with Gasteiger partial charge in [-0.3, -0.25) is 9.69 Å². The maximum absolute atomic E-state index is 11.1. The van der Waals surface area contributed by atoms with Gasteiger partial charge < -0.3 is 9.94 Å². The summed E-state index contributed by atoms with van der Waals surface area (Å²) in [6.45, 7) is 7.09. The van der Waals surface area contributed by atoms with Crippen LogP contribution in [0.4, 0.5) is 0 Å². The van der Waals surface area contributed by atoms with Crippen LogP contribution >= 0.6 is 0 Å². The second-order valence-electron chi connectivity index (χ2n) is 6.81. The Kier molecular flexibility index (Phi) is 7.25. The third-order valence-electron chi connectivity index (χ3n) is 4.24. The van der Waals surface area contributed by atoms with Gasteiger partial charge in [0.25, 0.3) is 0 Å². The first-order valence-electron chi connectivity index (χ1n) is 8.75. The average Bonchev–Trinajstić information content (AvgIpc) is 2.58. The third kappa shape index (κ3) is 5.96. The Morgan fingerprint density at radius 2 is 2.12 bits per heavy atom. The van der Waals surface area contributed by atoms with Crippen LogP contribution in [0.1, 0.15) is 38.7 Å². The fraction of sp³-hybridized carbons (Fsp3) is 0.579. The predicted molar refractivity (Wildman–Crippen MR) is 95.2 cm³/mol. The molecule has 1 aliphatic rings. The summed E-state index contributed by atoms with van der Waals surface area (Å²) in [5.41, 5.74) is 2.06. The summed E-state index contributed by atoms with van der Waals surface area (Å²) in [5, 5.41) is 13.5. The molecule has 1 N–H and O–H groups in total. The molecule has 0 aromatic heterocycles. The molecule has 0 bridgehead atoms. The molecule has 24 heavy (non-hydrogen) atoms. The van der Waals surface area contributed by atoms with Gasteiger partial charge >= 0.3 is 5.97 Å². The highest BCUT2D eigenvalue weighted by molar-refractivity contribution is 6.00. The number of likely N-dealkylation sites (tertiary alicyclic amines) is 1. The van der Waals surface area contributed by atoms with E-state index in [0.29, 0.717) is 19.1 Å². The van der Waals surface area contributed by atoms with Crippen molar-refractivity contribution in [3.63, 3.8) is 0 Å². The van der Waals surface area contributed by atoms with Crippen molar-refractivity contribution in [2.75, 3.05) is 26.2 Å². The SMILES string of the molecule is CC(C)CC(=NOCCN1CCC[C@@H](C(=O)O)C1)c1ccccc1. The Hall–Kier alpha value is -1.88. The minimum absolute atomic E-state index is 0.247. The van der Waals surface area contributed by atoms with Gasteiger partial charge in [0, 0.05) is 13.1 Å². The molecule has 5 heteroatoms. The van der Waals surface area contributed by atoms with E-state index in [2.05, 4.69) is 23.9 Å². The minimum Gasteiger partial charge on any atom is -0.481 e. The first-order chi connectivity index (χ1) is 11.6. The molecule has 0 saturated carbocycles. The van der Waals surface area contributed by atoms with Gasteiger partial charge in [0.1, 0.15) is 6.61 Å². The van der Waals surface area contributed by atoms with Crippen LogP contribution < -0.4 is 0 Å². The van der Waals surface area contributed by atoms with Crippen molar-refractivity contribution in [2.24, 2.45) is 17.0 Å². The highest BCUT2D eigenvalue weighted by Crippen LogP contribution is 2.16. The highest BCUT2D eigenvalue weighted by atomic mass is 16.6. The van der Waals surface area contributed by atoms with E-state index in [1.165, 1.54) is 0 Å². The van der Waals surface area contributed by atoms with E-state index in [1.807, 2.05) is 30.3 Å². The van der Waals surface area contributed by atoms with E-state index >= 15 is 0 Å². The summed E-state index contributed by atoms with van der Waals surface area (Å²) in [6, 6.07) is 10.1. The molecular weight excluding hydrogens is 304 g/mol. The quantitative estimate of drug-likeness (QED) is 0.451. The molecule has 0 radical (unpaired) electrons. The molecular formula is C19H28N2O3. The molecule has 1 fully saturated rings. The smallest absolute Gasteiger partial charge is 0.307 e. The topological polar surface area (TPSA) is 62.1 Å². The number of nitrogens with zero attached hydrogens (tertiary/aromatic N) is 2. The summed E-state index contributed by atoms with van der Waals surface area (Å²) in [6.07, 6.45) is 2.58. The normalized spacial score (nSPS) is 19.5. The van der Waals surface area contributed by atoms with Gasteiger partial charge in [-0.05, 0) is 37.3 Å². The van der Waals surface area contributed by atoms with Crippen molar-refractivity contribution in [2.45, 2.75) is 33.1 Å². The lowest BCUT2D eigenvalue weighted by Gasteiger charge is -2.30. The summed E-state index contributed by atoms with van der Waals surface area (Å²) < 4.78 is 0. The number of piperidine rings is 1. The Morgan fingerprint density at radius 1 is 1.38 bits per heavy atom.